The van der Waals surface area contributed by atoms with Crippen molar-refractivity contribution in [2.45, 2.75) is 39.5 Å². The third-order valence-electron chi connectivity index (χ3n) is 4.60. The Morgan fingerprint density at radius 3 is 2.76 bits per heavy atom. The fraction of sp³-hybridized carbons (Fsp3) is 0.409. The summed E-state index contributed by atoms with van der Waals surface area (Å²) < 4.78 is 16.3. The van der Waals surface area contributed by atoms with Crippen LogP contribution in [0.1, 0.15) is 25.0 Å². The first kappa shape index (κ1) is 20.8. The molecule has 3 rings (SSSR count). The minimum absolute atomic E-state index is 0.0691. The summed E-state index contributed by atoms with van der Waals surface area (Å²) in [4.78, 5) is 14.2. The molecule has 0 saturated heterocycles. The van der Waals surface area contributed by atoms with Crippen molar-refractivity contribution in [3.8, 4) is 17.2 Å². The Balaban J connectivity index is 1.50. The number of fused-ring (bicyclic) bond motifs is 1. The zero-order valence-corrected chi connectivity index (χ0v) is 17.1. The quantitative estimate of drug-likeness (QED) is 0.712. The highest BCUT2D eigenvalue weighted by Crippen LogP contribution is 2.32. The van der Waals surface area contributed by atoms with Gasteiger partial charge in [-0.1, -0.05) is 18.2 Å². The van der Waals surface area contributed by atoms with Gasteiger partial charge in [0.2, 0.25) is 6.79 Å². The molecule has 29 heavy (non-hydrogen) atoms. The maximum atomic E-state index is 12.7. The predicted octanol–water partition coefficient (Wildman–Crippen LogP) is 3.08. The van der Waals surface area contributed by atoms with E-state index < -0.39 is 6.10 Å². The molecule has 156 valence electrons. The van der Waals surface area contributed by atoms with E-state index in [1.165, 1.54) is 0 Å². The molecule has 1 atom stereocenters. The van der Waals surface area contributed by atoms with Gasteiger partial charge in [-0.3, -0.25) is 0 Å². The second-order valence-corrected chi connectivity index (χ2v) is 7.37. The first-order valence-electron chi connectivity index (χ1n) is 9.73. The van der Waals surface area contributed by atoms with Crippen LogP contribution in [0.3, 0.4) is 0 Å². The van der Waals surface area contributed by atoms with Gasteiger partial charge in [0, 0.05) is 12.6 Å². The predicted molar refractivity (Wildman–Crippen MR) is 109 cm³/mol. The van der Waals surface area contributed by atoms with Crippen LogP contribution in [0.25, 0.3) is 0 Å². The number of aryl methyl sites for hydroxylation is 1. The summed E-state index contributed by atoms with van der Waals surface area (Å²) in [5.41, 5.74) is 2.00. The van der Waals surface area contributed by atoms with Crippen molar-refractivity contribution >= 4 is 6.03 Å². The number of aliphatic hydroxyl groups is 1. The maximum absolute atomic E-state index is 12.7. The van der Waals surface area contributed by atoms with Gasteiger partial charge >= 0.3 is 6.03 Å². The third kappa shape index (κ3) is 5.77. The molecule has 2 N–H and O–H groups in total. The molecule has 7 nitrogen and oxygen atoms in total. The summed E-state index contributed by atoms with van der Waals surface area (Å²) >= 11 is 0. The zero-order chi connectivity index (χ0) is 20.8. The minimum atomic E-state index is -0.797. The van der Waals surface area contributed by atoms with Crippen molar-refractivity contribution in [3.05, 3.63) is 53.6 Å². The van der Waals surface area contributed by atoms with Crippen LogP contribution in [-0.2, 0) is 6.54 Å². The van der Waals surface area contributed by atoms with E-state index in [1.54, 1.807) is 4.90 Å². The van der Waals surface area contributed by atoms with Crippen LogP contribution in [0.2, 0.25) is 0 Å². The highest BCUT2D eigenvalue weighted by Gasteiger charge is 2.21. The number of carbonyl (C=O) groups excluding carboxylic acids is 1. The second kappa shape index (κ2) is 9.52. The highest BCUT2D eigenvalue weighted by atomic mass is 16.7. The number of hydrogen-bond donors (Lipinski definition) is 2. The van der Waals surface area contributed by atoms with Crippen molar-refractivity contribution in [3.63, 3.8) is 0 Å². The van der Waals surface area contributed by atoms with Crippen molar-refractivity contribution < 1.29 is 24.1 Å². The van der Waals surface area contributed by atoms with Gasteiger partial charge in [0.1, 0.15) is 18.5 Å². The zero-order valence-electron chi connectivity index (χ0n) is 17.1. The number of amides is 2. The van der Waals surface area contributed by atoms with Crippen molar-refractivity contribution in [2.24, 2.45) is 0 Å². The Kier molecular flexibility index (Phi) is 6.82. The van der Waals surface area contributed by atoms with E-state index in [2.05, 4.69) is 5.32 Å². The van der Waals surface area contributed by atoms with E-state index in [-0.39, 0.29) is 32.0 Å². The van der Waals surface area contributed by atoms with Crippen LogP contribution in [0.15, 0.2) is 42.5 Å². The molecular weight excluding hydrogens is 372 g/mol. The number of hydrogen-bond acceptors (Lipinski definition) is 5. The Labute approximate surface area is 171 Å². The number of ether oxygens (including phenoxy) is 3. The summed E-state index contributed by atoms with van der Waals surface area (Å²) in [5, 5.41) is 13.3. The first-order chi connectivity index (χ1) is 13.9. The molecular formula is C22H28N2O5. The van der Waals surface area contributed by atoms with E-state index in [4.69, 9.17) is 14.2 Å². The lowest BCUT2D eigenvalue weighted by Gasteiger charge is -2.29. The molecule has 0 radical (unpaired) electrons. The van der Waals surface area contributed by atoms with Crippen molar-refractivity contribution in [1.82, 2.24) is 10.2 Å². The molecule has 0 spiro atoms. The van der Waals surface area contributed by atoms with Gasteiger partial charge in [-0.15, -0.1) is 0 Å². The number of nitrogens with zero attached hydrogens (tertiary/aromatic N) is 1. The monoisotopic (exact) mass is 400 g/mol. The third-order valence-corrected chi connectivity index (χ3v) is 4.60. The topological polar surface area (TPSA) is 80.3 Å². The van der Waals surface area contributed by atoms with E-state index >= 15 is 0 Å². The number of aliphatic hydroxyl groups excluding tert-OH is 1. The molecule has 1 unspecified atom stereocenters. The average Bonchev–Trinajstić information content (AvgIpc) is 3.16. The Bertz CT molecular complexity index is 840. The van der Waals surface area contributed by atoms with Gasteiger partial charge in [-0.05, 0) is 56.2 Å². The molecule has 0 bridgehead atoms. The maximum Gasteiger partial charge on any atom is 0.317 e. The van der Waals surface area contributed by atoms with Gasteiger partial charge < -0.3 is 29.5 Å². The Morgan fingerprint density at radius 1 is 1.21 bits per heavy atom. The van der Waals surface area contributed by atoms with Crippen molar-refractivity contribution in [1.29, 1.82) is 0 Å². The molecule has 1 aliphatic heterocycles. The molecule has 2 aromatic carbocycles. The number of urea groups is 1. The molecule has 2 amide bonds. The van der Waals surface area contributed by atoms with E-state index in [9.17, 15) is 9.90 Å². The summed E-state index contributed by atoms with van der Waals surface area (Å²) in [7, 11) is 0. The van der Waals surface area contributed by atoms with Gasteiger partial charge in [-0.2, -0.15) is 0 Å². The van der Waals surface area contributed by atoms with E-state index in [0.29, 0.717) is 23.8 Å². The van der Waals surface area contributed by atoms with Crippen LogP contribution in [0.4, 0.5) is 4.79 Å². The molecule has 0 fully saturated rings. The second-order valence-electron chi connectivity index (χ2n) is 7.37. The largest absolute Gasteiger partial charge is 0.491 e. The number of nitrogens with one attached hydrogen (secondary N) is 1. The van der Waals surface area contributed by atoms with Crippen LogP contribution >= 0.6 is 0 Å². The van der Waals surface area contributed by atoms with Crippen LogP contribution in [0.5, 0.6) is 17.2 Å². The molecule has 0 saturated carbocycles. The summed E-state index contributed by atoms with van der Waals surface area (Å²) in [5.74, 6) is 2.09. The fourth-order valence-electron chi connectivity index (χ4n) is 3.04. The molecule has 1 aliphatic rings. The van der Waals surface area contributed by atoms with Gasteiger partial charge in [0.05, 0.1) is 6.54 Å². The molecule has 1 heterocycles. The summed E-state index contributed by atoms with van der Waals surface area (Å²) in [6, 6.07) is 12.9. The molecule has 7 heteroatoms. The first-order valence-corrected chi connectivity index (χ1v) is 9.73. The Morgan fingerprint density at radius 2 is 2.00 bits per heavy atom. The average molecular weight is 400 g/mol. The molecule has 0 aromatic heterocycles. The smallest absolute Gasteiger partial charge is 0.317 e. The number of benzene rings is 2. The normalized spacial score (nSPS) is 13.3. The highest BCUT2D eigenvalue weighted by molar-refractivity contribution is 5.74. The van der Waals surface area contributed by atoms with E-state index in [1.807, 2.05) is 63.2 Å². The van der Waals surface area contributed by atoms with Crippen LogP contribution in [0, 0.1) is 6.92 Å². The SMILES string of the molecule is Cc1cccc(OCC(O)CN(C(=O)NCc2ccc3c(c2)OCO3)C(C)C)c1. The number of carbonyl (C=O) groups is 1. The van der Waals surface area contributed by atoms with Crippen LogP contribution in [-0.4, -0.2) is 48.1 Å². The minimum Gasteiger partial charge on any atom is -0.491 e. The van der Waals surface area contributed by atoms with Gasteiger partial charge in [0.25, 0.3) is 0 Å². The lowest BCUT2D eigenvalue weighted by molar-refractivity contribution is 0.0689. The molecule has 0 aliphatic carbocycles. The number of rotatable bonds is 8. The summed E-state index contributed by atoms with van der Waals surface area (Å²) in [6.45, 7) is 6.67. The standard InChI is InChI=1S/C22H28N2O5/c1-15(2)24(12-18(25)13-27-19-6-4-5-16(3)9-19)22(26)23-11-17-7-8-20-21(10-17)29-14-28-20/h4-10,15,18,25H,11-14H2,1-3H3,(H,23,26). The molecule has 2 aromatic rings. The summed E-state index contributed by atoms with van der Waals surface area (Å²) in [6.07, 6.45) is -0.797. The van der Waals surface area contributed by atoms with E-state index in [0.717, 1.165) is 11.1 Å². The van der Waals surface area contributed by atoms with Gasteiger partial charge in [0.15, 0.2) is 11.5 Å². The lowest BCUT2D eigenvalue weighted by atomic mass is 10.2. The van der Waals surface area contributed by atoms with Crippen LogP contribution < -0.4 is 19.5 Å². The fourth-order valence-corrected chi connectivity index (χ4v) is 3.04. The lowest BCUT2D eigenvalue weighted by Crippen LogP contribution is -2.48. The Hall–Kier alpha value is -2.93. The van der Waals surface area contributed by atoms with Crippen molar-refractivity contribution in [2.75, 3.05) is 19.9 Å². The van der Waals surface area contributed by atoms with Gasteiger partial charge in [-0.25, -0.2) is 4.79 Å².